The van der Waals surface area contributed by atoms with Gasteiger partial charge in [0.05, 0.1) is 7.11 Å². The van der Waals surface area contributed by atoms with E-state index in [-0.39, 0.29) is 11.5 Å². The molecule has 5 nitrogen and oxygen atoms in total. The van der Waals surface area contributed by atoms with Crippen molar-refractivity contribution < 1.29 is 9.53 Å². The monoisotopic (exact) mass is 326 g/mol. The molecule has 2 heterocycles. The van der Waals surface area contributed by atoms with Gasteiger partial charge in [0.1, 0.15) is 11.3 Å². The van der Waals surface area contributed by atoms with Crippen molar-refractivity contribution in [1.29, 1.82) is 0 Å². The summed E-state index contributed by atoms with van der Waals surface area (Å²) in [6.07, 6.45) is 3.47. The average molecular weight is 326 g/mol. The zero-order valence-corrected chi connectivity index (χ0v) is 14.1. The highest BCUT2D eigenvalue weighted by Crippen LogP contribution is 2.26. The number of aryl methyl sites for hydroxylation is 1. The van der Waals surface area contributed by atoms with Gasteiger partial charge < -0.3 is 14.6 Å². The minimum atomic E-state index is -0.224. The number of nitrogens with zero attached hydrogens (tertiary/aromatic N) is 1. The molecule has 1 aliphatic heterocycles. The van der Waals surface area contributed by atoms with Crippen LogP contribution in [0.4, 0.5) is 5.69 Å². The fraction of sp³-hybridized carbons (Fsp3) is 0.368. The largest absolute Gasteiger partial charge is 0.496 e. The first kappa shape index (κ1) is 16.3. The Hall–Kier alpha value is -2.56. The van der Waals surface area contributed by atoms with Crippen molar-refractivity contribution in [1.82, 2.24) is 4.57 Å². The maximum Gasteiger partial charge on any atom is 0.261 e. The number of fused-ring (bicyclic) bond motifs is 1. The average Bonchev–Trinajstić information content (AvgIpc) is 2.62. The standard InChI is InChI=1S/C19H22N2O3/c1-3-13-8-4-5-9-14(13)20-19(23)18-15-10-6-7-11-21(15)17(22)12-16(18)24-2/h4-5,8-9,12H,3,6-7,10-11H2,1-2H3,(H,20,23). The second kappa shape index (κ2) is 6.91. The Balaban J connectivity index is 2.05. The Bertz CT molecular complexity index is 824. The van der Waals surface area contributed by atoms with E-state index in [0.717, 1.165) is 36.2 Å². The van der Waals surface area contributed by atoms with Crippen LogP contribution < -0.4 is 15.6 Å². The molecule has 0 fully saturated rings. The summed E-state index contributed by atoms with van der Waals surface area (Å²) in [5.74, 6) is 0.123. The van der Waals surface area contributed by atoms with Crippen LogP contribution in [-0.2, 0) is 19.4 Å². The van der Waals surface area contributed by atoms with E-state index in [4.69, 9.17) is 4.74 Å². The molecule has 0 spiro atoms. The third-order valence-corrected chi connectivity index (χ3v) is 4.52. The van der Waals surface area contributed by atoms with E-state index in [1.807, 2.05) is 24.3 Å². The topological polar surface area (TPSA) is 60.3 Å². The van der Waals surface area contributed by atoms with Gasteiger partial charge in [-0.3, -0.25) is 9.59 Å². The number of hydrogen-bond donors (Lipinski definition) is 1. The molecule has 0 saturated heterocycles. The van der Waals surface area contributed by atoms with Crippen molar-refractivity contribution in [2.45, 2.75) is 39.2 Å². The van der Waals surface area contributed by atoms with Crippen molar-refractivity contribution in [3.05, 3.63) is 57.5 Å². The van der Waals surface area contributed by atoms with E-state index < -0.39 is 0 Å². The lowest BCUT2D eigenvalue weighted by molar-refractivity contribution is 0.102. The number of benzene rings is 1. The minimum absolute atomic E-state index is 0.105. The van der Waals surface area contributed by atoms with Crippen molar-refractivity contribution in [2.24, 2.45) is 0 Å². The van der Waals surface area contributed by atoms with Crippen molar-refractivity contribution >= 4 is 11.6 Å². The Morgan fingerprint density at radius 1 is 1.29 bits per heavy atom. The van der Waals surface area contributed by atoms with Gasteiger partial charge in [-0.15, -0.1) is 0 Å². The van der Waals surface area contributed by atoms with E-state index >= 15 is 0 Å². The van der Waals surface area contributed by atoms with Gasteiger partial charge in [0.2, 0.25) is 0 Å². The Morgan fingerprint density at radius 2 is 2.08 bits per heavy atom. The van der Waals surface area contributed by atoms with Gasteiger partial charge >= 0.3 is 0 Å². The predicted molar refractivity (Wildman–Crippen MR) is 94.0 cm³/mol. The molecule has 3 rings (SSSR count). The van der Waals surface area contributed by atoms with Gasteiger partial charge in [-0.2, -0.15) is 0 Å². The third kappa shape index (κ3) is 2.94. The van der Waals surface area contributed by atoms with Gasteiger partial charge in [-0.05, 0) is 37.3 Å². The number of rotatable bonds is 4. The number of aromatic nitrogens is 1. The van der Waals surface area contributed by atoms with Gasteiger partial charge in [0.15, 0.2) is 0 Å². The summed E-state index contributed by atoms with van der Waals surface area (Å²) in [5, 5.41) is 2.99. The molecule has 0 saturated carbocycles. The van der Waals surface area contributed by atoms with Gasteiger partial charge in [-0.25, -0.2) is 0 Å². The zero-order valence-electron chi connectivity index (χ0n) is 14.1. The van der Waals surface area contributed by atoms with E-state index in [9.17, 15) is 9.59 Å². The van der Waals surface area contributed by atoms with E-state index in [1.54, 1.807) is 4.57 Å². The van der Waals surface area contributed by atoms with Crippen LogP contribution in [0.2, 0.25) is 0 Å². The lowest BCUT2D eigenvalue weighted by Crippen LogP contribution is -2.30. The summed E-state index contributed by atoms with van der Waals surface area (Å²) < 4.78 is 7.03. The Morgan fingerprint density at radius 3 is 2.83 bits per heavy atom. The van der Waals surface area contributed by atoms with Crippen molar-refractivity contribution in [3.63, 3.8) is 0 Å². The molecule has 0 atom stereocenters. The summed E-state index contributed by atoms with van der Waals surface area (Å²) in [6, 6.07) is 9.16. The number of para-hydroxylation sites is 1. The number of ether oxygens (including phenoxy) is 1. The zero-order chi connectivity index (χ0) is 17.1. The van der Waals surface area contributed by atoms with Gasteiger partial charge in [-0.1, -0.05) is 25.1 Å². The fourth-order valence-corrected chi connectivity index (χ4v) is 3.28. The number of nitrogens with one attached hydrogen (secondary N) is 1. The molecule has 24 heavy (non-hydrogen) atoms. The molecule has 1 N–H and O–H groups in total. The van der Waals surface area contributed by atoms with Crippen LogP contribution in [0.25, 0.3) is 0 Å². The van der Waals surface area contributed by atoms with Crippen LogP contribution in [0.15, 0.2) is 35.1 Å². The number of anilines is 1. The first-order chi connectivity index (χ1) is 11.7. The lowest BCUT2D eigenvalue weighted by Gasteiger charge is -2.23. The van der Waals surface area contributed by atoms with Crippen LogP contribution in [0.5, 0.6) is 5.75 Å². The van der Waals surface area contributed by atoms with Crippen LogP contribution in [0, 0.1) is 0 Å². The Kier molecular flexibility index (Phi) is 4.69. The first-order valence-corrected chi connectivity index (χ1v) is 8.35. The number of carbonyl (C=O) groups excluding carboxylic acids is 1. The lowest BCUT2D eigenvalue weighted by atomic mass is 10.0. The second-order valence-corrected chi connectivity index (χ2v) is 5.95. The Labute approximate surface area is 141 Å². The highest BCUT2D eigenvalue weighted by atomic mass is 16.5. The highest BCUT2D eigenvalue weighted by Gasteiger charge is 2.24. The summed E-state index contributed by atoms with van der Waals surface area (Å²) >= 11 is 0. The quantitative estimate of drug-likeness (QED) is 0.939. The smallest absolute Gasteiger partial charge is 0.261 e. The van der Waals surface area contributed by atoms with Crippen molar-refractivity contribution in [2.75, 3.05) is 12.4 Å². The molecule has 0 unspecified atom stereocenters. The van der Waals surface area contributed by atoms with E-state index in [1.165, 1.54) is 13.2 Å². The maximum absolute atomic E-state index is 12.9. The number of amides is 1. The predicted octanol–water partition coefficient (Wildman–Crippen LogP) is 3.01. The maximum atomic E-state index is 12.9. The molecule has 2 aromatic rings. The first-order valence-electron chi connectivity index (χ1n) is 8.35. The van der Waals surface area contributed by atoms with Crippen LogP contribution in [-0.4, -0.2) is 17.6 Å². The van der Waals surface area contributed by atoms with Crippen LogP contribution >= 0.6 is 0 Å². The van der Waals surface area contributed by atoms with E-state index in [0.29, 0.717) is 24.3 Å². The molecule has 0 bridgehead atoms. The third-order valence-electron chi connectivity index (χ3n) is 4.52. The SMILES string of the molecule is CCc1ccccc1NC(=O)c1c(OC)cc(=O)n2c1CCCC2. The summed E-state index contributed by atoms with van der Waals surface area (Å²) in [5.41, 5.74) is 3.02. The van der Waals surface area contributed by atoms with Crippen LogP contribution in [0.3, 0.4) is 0 Å². The van der Waals surface area contributed by atoms with Crippen molar-refractivity contribution in [3.8, 4) is 5.75 Å². The van der Waals surface area contributed by atoms with Gasteiger partial charge in [0, 0.05) is 24.0 Å². The number of carbonyl (C=O) groups is 1. The summed E-state index contributed by atoms with van der Waals surface area (Å²) in [4.78, 5) is 25.2. The molecule has 1 aromatic carbocycles. The molecular weight excluding hydrogens is 304 g/mol. The molecule has 126 valence electrons. The molecular formula is C19H22N2O3. The molecule has 0 radical (unpaired) electrons. The van der Waals surface area contributed by atoms with Gasteiger partial charge in [0.25, 0.3) is 11.5 Å². The molecule has 1 aromatic heterocycles. The normalized spacial score (nSPS) is 13.2. The summed E-state index contributed by atoms with van der Waals surface area (Å²) in [6.45, 7) is 2.71. The number of hydrogen-bond acceptors (Lipinski definition) is 3. The fourth-order valence-electron chi connectivity index (χ4n) is 3.28. The van der Waals surface area contributed by atoms with Crippen LogP contribution in [0.1, 0.15) is 41.4 Å². The highest BCUT2D eigenvalue weighted by molar-refractivity contribution is 6.07. The molecule has 1 amide bonds. The summed E-state index contributed by atoms with van der Waals surface area (Å²) in [7, 11) is 1.49. The molecule has 1 aliphatic rings. The molecule has 5 heteroatoms. The minimum Gasteiger partial charge on any atom is -0.496 e. The molecule has 0 aliphatic carbocycles. The number of methoxy groups -OCH3 is 1. The second-order valence-electron chi connectivity index (χ2n) is 5.95. The number of pyridine rings is 1. The van der Waals surface area contributed by atoms with E-state index in [2.05, 4.69) is 12.2 Å².